The summed E-state index contributed by atoms with van der Waals surface area (Å²) in [6.07, 6.45) is 1.71. The van der Waals surface area contributed by atoms with Gasteiger partial charge in [0.05, 0.1) is 22.8 Å². The van der Waals surface area contributed by atoms with E-state index in [1.54, 1.807) is 6.07 Å². The van der Waals surface area contributed by atoms with E-state index in [4.69, 9.17) is 9.47 Å². The highest BCUT2D eigenvalue weighted by Crippen LogP contribution is 2.44. The molecule has 1 saturated carbocycles. The maximum Gasteiger partial charge on any atom is 0.419 e. The Kier molecular flexibility index (Phi) is 4.20. The van der Waals surface area contributed by atoms with Crippen molar-refractivity contribution in [3.8, 4) is 0 Å². The Labute approximate surface area is 149 Å². The molecule has 128 valence electrons. The molecule has 1 aliphatic carbocycles. The zero-order chi connectivity index (χ0) is 17.6. The van der Waals surface area contributed by atoms with Crippen LogP contribution in [-0.4, -0.2) is 29.3 Å². The number of hydrogen-bond donors (Lipinski definition) is 0. The first kappa shape index (κ1) is 17.0. The van der Waals surface area contributed by atoms with Gasteiger partial charge in [-0.1, -0.05) is 0 Å². The minimum atomic E-state index is -0.605. The third-order valence-electron chi connectivity index (χ3n) is 3.92. The Morgan fingerprint density at radius 2 is 1.88 bits per heavy atom. The maximum absolute atomic E-state index is 12.6. The summed E-state index contributed by atoms with van der Waals surface area (Å²) in [6.45, 7) is 5.46. The number of rotatable bonds is 2. The second-order valence-electron chi connectivity index (χ2n) is 7.05. The normalized spacial score (nSPS) is 14.7. The van der Waals surface area contributed by atoms with Crippen molar-refractivity contribution in [2.45, 2.75) is 45.1 Å². The molecule has 1 aromatic heterocycles. The number of carbonyl (C=O) groups is 2. The van der Waals surface area contributed by atoms with E-state index < -0.39 is 17.7 Å². The summed E-state index contributed by atoms with van der Waals surface area (Å²) in [5, 5.41) is 0.961. The Bertz CT molecular complexity index is 828. The van der Waals surface area contributed by atoms with Crippen LogP contribution in [0.25, 0.3) is 10.9 Å². The molecule has 3 rings (SSSR count). The number of halogens is 1. The first-order chi connectivity index (χ1) is 11.2. The van der Waals surface area contributed by atoms with Crippen molar-refractivity contribution < 1.29 is 19.1 Å². The van der Waals surface area contributed by atoms with Gasteiger partial charge in [-0.05, 0) is 79.2 Å². The first-order valence-corrected chi connectivity index (χ1v) is 8.67. The van der Waals surface area contributed by atoms with Gasteiger partial charge in [0.25, 0.3) is 0 Å². The Balaban J connectivity index is 2.19. The van der Waals surface area contributed by atoms with Gasteiger partial charge in [0, 0.05) is 5.39 Å². The molecule has 0 saturated heterocycles. The minimum absolute atomic E-state index is 0.410. The number of aromatic nitrogens is 1. The molecule has 0 spiro atoms. The topological polar surface area (TPSA) is 57.5 Å². The van der Waals surface area contributed by atoms with Crippen LogP contribution in [0.2, 0.25) is 0 Å². The van der Waals surface area contributed by atoms with Crippen LogP contribution in [0.3, 0.4) is 0 Å². The maximum atomic E-state index is 12.6. The predicted molar refractivity (Wildman–Crippen MR) is 94.6 cm³/mol. The van der Waals surface area contributed by atoms with Crippen molar-refractivity contribution >= 4 is 38.9 Å². The Morgan fingerprint density at radius 1 is 1.21 bits per heavy atom. The van der Waals surface area contributed by atoms with E-state index in [0.29, 0.717) is 21.6 Å². The van der Waals surface area contributed by atoms with Gasteiger partial charge in [-0.2, -0.15) is 0 Å². The molecule has 0 amide bonds. The molecule has 24 heavy (non-hydrogen) atoms. The summed E-state index contributed by atoms with van der Waals surface area (Å²) in [7, 11) is 1.35. The summed E-state index contributed by atoms with van der Waals surface area (Å²) in [4.78, 5) is 24.6. The summed E-state index contributed by atoms with van der Waals surface area (Å²) >= 11 is 3.45. The average Bonchev–Trinajstić information content (AvgIpc) is 3.25. The van der Waals surface area contributed by atoms with E-state index in [2.05, 4.69) is 15.9 Å². The van der Waals surface area contributed by atoms with Crippen molar-refractivity contribution in [3.63, 3.8) is 0 Å². The summed E-state index contributed by atoms with van der Waals surface area (Å²) in [5.74, 6) is 0.0188. The van der Waals surface area contributed by atoms with Crippen molar-refractivity contribution in [2.75, 3.05) is 7.11 Å². The van der Waals surface area contributed by atoms with Gasteiger partial charge in [-0.15, -0.1) is 0 Å². The summed E-state index contributed by atoms with van der Waals surface area (Å²) in [6, 6.07) is 5.47. The molecular formula is C18H20BrNO4. The lowest BCUT2D eigenvalue weighted by Gasteiger charge is -2.20. The highest BCUT2D eigenvalue weighted by atomic mass is 79.9. The van der Waals surface area contributed by atoms with E-state index in [1.165, 1.54) is 11.7 Å². The lowest BCUT2D eigenvalue weighted by molar-refractivity contribution is 0.0538. The molecule has 1 aromatic carbocycles. The molecular weight excluding hydrogens is 374 g/mol. The predicted octanol–water partition coefficient (Wildman–Crippen LogP) is 4.85. The fourth-order valence-corrected chi connectivity index (χ4v) is 3.33. The van der Waals surface area contributed by atoms with E-state index in [0.717, 1.165) is 23.8 Å². The van der Waals surface area contributed by atoms with E-state index in [-0.39, 0.29) is 0 Å². The van der Waals surface area contributed by atoms with Crippen LogP contribution in [0.5, 0.6) is 0 Å². The lowest BCUT2D eigenvalue weighted by atomic mass is 10.0. The Hall–Kier alpha value is -1.82. The minimum Gasteiger partial charge on any atom is -0.465 e. The molecule has 0 atom stereocenters. The molecule has 1 aliphatic rings. The molecule has 1 fully saturated rings. The van der Waals surface area contributed by atoms with Crippen LogP contribution < -0.4 is 0 Å². The second kappa shape index (κ2) is 5.92. The molecule has 1 heterocycles. The largest absolute Gasteiger partial charge is 0.465 e. The van der Waals surface area contributed by atoms with Gasteiger partial charge >= 0.3 is 12.1 Å². The molecule has 0 aliphatic heterocycles. The number of carbonyl (C=O) groups excluding carboxylic acids is 2. The standard InChI is InChI=1S/C18H20BrNO4/c1-18(2,3)24-17(22)20-14-8-11(16(21)23-4)7-12(10-5-6-10)13(14)9-15(20)19/h7-10H,5-6H2,1-4H3. The van der Waals surface area contributed by atoms with Crippen LogP contribution in [0, 0.1) is 0 Å². The first-order valence-electron chi connectivity index (χ1n) is 7.88. The molecule has 2 aromatic rings. The zero-order valence-electron chi connectivity index (χ0n) is 14.2. The Morgan fingerprint density at radius 3 is 2.42 bits per heavy atom. The van der Waals surface area contributed by atoms with Crippen molar-refractivity contribution in [2.24, 2.45) is 0 Å². The van der Waals surface area contributed by atoms with Gasteiger partial charge in [0.2, 0.25) is 0 Å². The second-order valence-corrected chi connectivity index (χ2v) is 7.86. The van der Waals surface area contributed by atoms with Gasteiger partial charge in [0.1, 0.15) is 5.60 Å². The van der Waals surface area contributed by atoms with Crippen LogP contribution in [-0.2, 0) is 9.47 Å². The molecule has 0 unspecified atom stereocenters. The van der Waals surface area contributed by atoms with Crippen LogP contribution >= 0.6 is 15.9 Å². The number of hydrogen-bond acceptors (Lipinski definition) is 4. The lowest BCUT2D eigenvalue weighted by Crippen LogP contribution is -2.27. The molecule has 0 radical (unpaired) electrons. The van der Waals surface area contributed by atoms with Gasteiger partial charge in [0.15, 0.2) is 0 Å². The average molecular weight is 394 g/mol. The van der Waals surface area contributed by atoms with Crippen molar-refractivity contribution in [3.05, 3.63) is 33.9 Å². The van der Waals surface area contributed by atoms with Crippen LogP contribution in [0.4, 0.5) is 4.79 Å². The van der Waals surface area contributed by atoms with E-state index in [1.807, 2.05) is 32.9 Å². The quantitative estimate of drug-likeness (QED) is 0.684. The molecule has 0 bridgehead atoms. The molecule has 5 nitrogen and oxygen atoms in total. The monoisotopic (exact) mass is 393 g/mol. The fraction of sp³-hybridized carbons (Fsp3) is 0.444. The number of methoxy groups -OCH3 is 1. The van der Waals surface area contributed by atoms with Gasteiger partial charge in [-0.3, -0.25) is 0 Å². The molecule has 0 N–H and O–H groups in total. The van der Waals surface area contributed by atoms with Crippen LogP contribution in [0.15, 0.2) is 22.8 Å². The van der Waals surface area contributed by atoms with Crippen molar-refractivity contribution in [1.82, 2.24) is 4.57 Å². The molecule has 6 heteroatoms. The number of esters is 1. The third kappa shape index (κ3) is 3.20. The third-order valence-corrected chi connectivity index (χ3v) is 4.51. The summed E-state index contributed by atoms with van der Waals surface area (Å²) < 4.78 is 12.4. The SMILES string of the molecule is COC(=O)c1cc(C2CC2)c2cc(Br)n(C(=O)OC(C)(C)C)c2c1. The van der Waals surface area contributed by atoms with Gasteiger partial charge in [-0.25, -0.2) is 14.2 Å². The number of nitrogens with zero attached hydrogens (tertiary/aromatic N) is 1. The van der Waals surface area contributed by atoms with Crippen molar-refractivity contribution in [1.29, 1.82) is 0 Å². The highest BCUT2D eigenvalue weighted by Gasteiger charge is 2.30. The number of benzene rings is 1. The van der Waals surface area contributed by atoms with Crippen LogP contribution in [0.1, 0.15) is 55.5 Å². The zero-order valence-corrected chi connectivity index (χ0v) is 15.8. The smallest absolute Gasteiger partial charge is 0.419 e. The summed E-state index contributed by atoms with van der Waals surface area (Å²) in [5.41, 5.74) is 1.57. The number of fused-ring (bicyclic) bond motifs is 1. The van der Waals surface area contributed by atoms with E-state index in [9.17, 15) is 9.59 Å². The van der Waals surface area contributed by atoms with Gasteiger partial charge < -0.3 is 9.47 Å². The fourth-order valence-electron chi connectivity index (χ4n) is 2.76. The highest BCUT2D eigenvalue weighted by molar-refractivity contribution is 9.10. The van der Waals surface area contributed by atoms with E-state index >= 15 is 0 Å². The number of ether oxygens (including phenoxy) is 2.